The van der Waals surface area contributed by atoms with Crippen molar-refractivity contribution in [2.24, 2.45) is 0 Å². The lowest BCUT2D eigenvalue weighted by Crippen LogP contribution is -2.42. The Balaban J connectivity index is 1.62. The molecule has 1 aliphatic rings. The van der Waals surface area contributed by atoms with Gasteiger partial charge in [0.2, 0.25) is 5.91 Å². The molecule has 4 rings (SSSR count). The molecule has 2 aromatic carbocycles. The number of ether oxygens (including phenoxy) is 1. The van der Waals surface area contributed by atoms with Gasteiger partial charge in [0.1, 0.15) is 18.2 Å². The van der Waals surface area contributed by atoms with Gasteiger partial charge in [-0.2, -0.15) is 5.26 Å². The number of morpholine rings is 1. The van der Waals surface area contributed by atoms with Crippen molar-refractivity contribution in [2.45, 2.75) is 6.54 Å². The van der Waals surface area contributed by atoms with Gasteiger partial charge in [0, 0.05) is 40.8 Å². The number of nitrogens with zero attached hydrogens (tertiary/aromatic N) is 3. The molecule has 0 atom stereocenters. The van der Waals surface area contributed by atoms with Gasteiger partial charge in [0.15, 0.2) is 0 Å². The third-order valence-corrected chi connectivity index (χ3v) is 5.88. The van der Waals surface area contributed by atoms with Crippen molar-refractivity contribution in [3.8, 4) is 6.07 Å². The van der Waals surface area contributed by atoms with Gasteiger partial charge in [-0.3, -0.25) is 9.59 Å². The van der Waals surface area contributed by atoms with Crippen LogP contribution in [0.3, 0.4) is 0 Å². The topological polar surface area (TPSA) is 87.4 Å². The largest absolute Gasteiger partial charge is 0.378 e. The molecule has 1 saturated heterocycles. The summed E-state index contributed by atoms with van der Waals surface area (Å²) >= 11 is 12.0. The average molecular weight is 483 g/mol. The second-order valence-corrected chi connectivity index (χ2v) is 8.31. The van der Waals surface area contributed by atoms with Crippen molar-refractivity contribution in [2.75, 3.05) is 31.6 Å². The minimum absolute atomic E-state index is 0.00906. The maximum absolute atomic E-state index is 12.8. The predicted molar refractivity (Wildman–Crippen MR) is 128 cm³/mol. The van der Waals surface area contributed by atoms with E-state index in [4.69, 9.17) is 27.9 Å². The van der Waals surface area contributed by atoms with E-state index >= 15 is 0 Å². The van der Waals surface area contributed by atoms with E-state index in [2.05, 4.69) is 5.32 Å². The Morgan fingerprint density at radius 2 is 1.91 bits per heavy atom. The lowest BCUT2D eigenvalue weighted by molar-refractivity contribution is -0.135. The first-order valence-corrected chi connectivity index (χ1v) is 11.0. The van der Waals surface area contributed by atoms with Crippen LogP contribution in [0.15, 0.2) is 54.2 Å². The number of nitriles is 1. The number of rotatable bonds is 5. The summed E-state index contributed by atoms with van der Waals surface area (Å²) in [6.45, 7) is 2.35. The molecule has 1 fully saturated rings. The van der Waals surface area contributed by atoms with Gasteiger partial charge in [-0.25, -0.2) is 0 Å². The van der Waals surface area contributed by atoms with E-state index in [0.29, 0.717) is 42.6 Å². The Hall–Kier alpha value is -3.31. The quantitative estimate of drug-likeness (QED) is 0.432. The van der Waals surface area contributed by atoms with E-state index < -0.39 is 5.91 Å². The Labute approximate surface area is 200 Å². The number of carbonyl (C=O) groups is 2. The number of anilines is 1. The van der Waals surface area contributed by atoms with Crippen LogP contribution in [0.25, 0.3) is 17.0 Å². The van der Waals surface area contributed by atoms with Gasteiger partial charge >= 0.3 is 0 Å². The molecule has 3 aromatic rings. The van der Waals surface area contributed by atoms with Gasteiger partial charge in [0.05, 0.1) is 23.9 Å². The third-order valence-electron chi connectivity index (χ3n) is 5.33. The fraction of sp³-hybridized carbons (Fsp3) is 0.208. The summed E-state index contributed by atoms with van der Waals surface area (Å²) in [7, 11) is 0. The van der Waals surface area contributed by atoms with Crippen LogP contribution < -0.4 is 5.32 Å². The summed E-state index contributed by atoms with van der Waals surface area (Å²) in [4.78, 5) is 27.3. The highest BCUT2D eigenvalue weighted by molar-refractivity contribution is 6.37. The molecular formula is C24H20Cl2N4O3. The van der Waals surface area contributed by atoms with E-state index in [1.807, 2.05) is 34.9 Å². The molecule has 1 aliphatic heterocycles. The molecule has 9 heteroatoms. The van der Waals surface area contributed by atoms with Crippen molar-refractivity contribution in [3.63, 3.8) is 0 Å². The zero-order valence-corrected chi connectivity index (χ0v) is 19.1. The number of carbonyl (C=O) groups excluding carboxylic acids is 2. The zero-order chi connectivity index (χ0) is 23.4. The normalized spacial score (nSPS) is 14.2. The number of para-hydroxylation sites is 1. The first-order valence-electron chi connectivity index (χ1n) is 10.3. The summed E-state index contributed by atoms with van der Waals surface area (Å²) in [6.07, 6.45) is 3.29. The minimum Gasteiger partial charge on any atom is -0.378 e. The van der Waals surface area contributed by atoms with Crippen molar-refractivity contribution in [1.29, 1.82) is 5.26 Å². The zero-order valence-electron chi connectivity index (χ0n) is 17.6. The number of benzene rings is 2. The maximum atomic E-state index is 12.8. The van der Waals surface area contributed by atoms with Gasteiger partial charge in [-0.15, -0.1) is 0 Å². The monoisotopic (exact) mass is 482 g/mol. The van der Waals surface area contributed by atoms with Crippen molar-refractivity contribution in [3.05, 3.63) is 69.8 Å². The molecule has 0 unspecified atom stereocenters. The number of nitrogens with one attached hydrogen (secondary N) is 1. The van der Waals surface area contributed by atoms with Crippen molar-refractivity contribution in [1.82, 2.24) is 9.47 Å². The Kier molecular flexibility index (Phi) is 6.99. The van der Waals surface area contributed by atoms with Gasteiger partial charge in [-0.05, 0) is 30.3 Å². The number of fused-ring (bicyclic) bond motifs is 1. The lowest BCUT2D eigenvalue weighted by atomic mass is 10.1. The lowest BCUT2D eigenvalue weighted by Gasteiger charge is -2.27. The number of amides is 2. The highest BCUT2D eigenvalue weighted by Crippen LogP contribution is 2.27. The van der Waals surface area contributed by atoms with Gasteiger partial charge in [-0.1, -0.05) is 41.4 Å². The van der Waals surface area contributed by atoms with Crippen LogP contribution in [0.2, 0.25) is 10.0 Å². The van der Waals surface area contributed by atoms with Crippen LogP contribution in [0.5, 0.6) is 0 Å². The summed E-state index contributed by atoms with van der Waals surface area (Å²) < 4.78 is 7.15. The van der Waals surface area contributed by atoms with Crippen molar-refractivity contribution < 1.29 is 14.3 Å². The van der Waals surface area contributed by atoms with Crippen LogP contribution in [-0.2, 0) is 20.9 Å². The molecule has 7 nitrogen and oxygen atoms in total. The van der Waals surface area contributed by atoms with Crippen molar-refractivity contribution >= 4 is 57.7 Å². The van der Waals surface area contributed by atoms with Crippen LogP contribution in [0.1, 0.15) is 5.56 Å². The number of hydrogen-bond donors (Lipinski definition) is 1. The fourth-order valence-corrected chi connectivity index (χ4v) is 4.12. The highest BCUT2D eigenvalue weighted by atomic mass is 35.5. The first kappa shape index (κ1) is 22.9. The standard InChI is InChI=1S/C24H20Cl2N4O3/c25-18-5-6-21(20(26)12-18)28-24(32)16(13-27)11-17-14-30(22-4-2-1-3-19(17)22)15-23(31)29-7-9-33-10-8-29/h1-6,11-12,14H,7-10,15H2,(H,28,32)/b16-11+. The molecule has 0 saturated carbocycles. The minimum atomic E-state index is -0.594. The summed E-state index contributed by atoms with van der Waals surface area (Å²) in [5.74, 6) is -0.604. The van der Waals surface area contributed by atoms with E-state index in [0.717, 1.165) is 10.9 Å². The SMILES string of the molecule is N#C/C(=C\c1cn(CC(=O)N2CCOCC2)c2ccccc12)C(=O)Nc1ccc(Cl)cc1Cl. The first-order chi connectivity index (χ1) is 16.0. The molecule has 0 aliphatic carbocycles. The maximum Gasteiger partial charge on any atom is 0.266 e. The molecule has 0 bridgehead atoms. The average Bonchev–Trinajstić information content (AvgIpc) is 3.17. The van der Waals surface area contributed by atoms with E-state index in [1.165, 1.54) is 12.1 Å². The molecule has 33 heavy (non-hydrogen) atoms. The molecule has 2 heterocycles. The second kappa shape index (κ2) is 10.1. The van der Waals surface area contributed by atoms with E-state index in [1.54, 1.807) is 23.2 Å². The molecule has 168 valence electrons. The predicted octanol–water partition coefficient (Wildman–Crippen LogP) is 4.35. The Morgan fingerprint density at radius 3 is 2.64 bits per heavy atom. The molecule has 2 amide bonds. The summed E-state index contributed by atoms with van der Waals surface area (Å²) in [5, 5.41) is 13.8. The number of hydrogen-bond acceptors (Lipinski definition) is 4. The van der Waals surface area contributed by atoms with Gasteiger partial charge < -0.3 is 19.5 Å². The van der Waals surface area contributed by atoms with Crippen LogP contribution in [0, 0.1) is 11.3 Å². The molecule has 1 N–H and O–H groups in total. The number of halogens is 2. The molecule has 0 spiro atoms. The third kappa shape index (κ3) is 5.20. The molecule has 0 radical (unpaired) electrons. The van der Waals surface area contributed by atoms with Crippen LogP contribution >= 0.6 is 23.2 Å². The number of aromatic nitrogens is 1. The van der Waals surface area contributed by atoms with E-state index in [9.17, 15) is 14.9 Å². The highest BCUT2D eigenvalue weighted by Gasteiger charge is 2.19. The van der Waals surface area contributed by atoms with Crippen LogP contribution in [-0.4, -0.2) is 47.6 Å². The van der Waals surface area contributed by atoms with E-state index in [-0.39, 0.29) is 23.0 Å². The fourth-order valence-electron chi connectivity index (χ4n) is 3.66. The molecule has 1 aromatic heterocycles. The summed E-state index contributed by atoms with van der Waals surface area (Å²) in [5.41, 5.74) is 1.76. The second-order valence-electron chi connectivity index (χ2n) is 7.47. The Morgan fingerprint density at radius 1 is 1.15 bits per heavy atom. The Bertz CT molecular complexity index is 1290. The smallest absolute Gasteiger partial charge is 0.266 e. The molecular weight excluding hydrogens is 463 g/mol. The summed E-state index contributed by atoms with van der Waals surface area (Å²) in [6, 6.07) is 14.2. The van der Waals surface area contributed by atoms with Gasteiger partial charge in [0.25, 0.3) is 5.91 Å². The van der Waals surface area contributed by atoms with Crippen LogP contribution in [0.4, 0.5) is 5.69 Å².